The molecule has 0 radical (unpaired) electrons. The van der Waals surface area contributed by atoms with Gasteiger partial charge in [-0.3, -0.25) is 0 Å². The second-order valence-corrected chi connectivity index (χ2v) is 5.02. The molecule has 1 rings (SSSR count). The van der Waals surface area contributed by atoms with Crippen LogP contribution in [0.5, 0.6) is 0 Å². The monoisotopic (exact) mass is 313 g/mol. The van der Waals surface area contributed by atoms with Crippen LogP contribution in [0.4, 0.5) is 18.0 Å². The number of carboxylic acids is 1. The number of carbonyl (C=O) groups is 2. The summed E-state index contributed by atoms with van der Waals surface area (Å²) in [6.45, 7) is 2.09. The van der Waals surface area contributed by atoms with Gasteiger partial charge in [0.25, 0.3) is 0 Å². The highest BCUT2D eigenvalue weighted by Gasteiger charge is 2.58. The highest BCUT2D eigenvalue weighted by molar-refractivity contribution is 5.86. The Balaban J connectivity index is 2.53. The minimum atomic E-state index is -5.11. The minimum Gasteiger partial charge on any atom is -0.479 e. The Morgan fingerprint density at radius 2 is 2.05 bits per heavy atom. The van der Waals surface area contributed by atoms with Crippen molar-refractivity contribution in [1.29, 1.82) is 0 Å². The molecule has 1 saturated heterocycles. The molecule has 10 heteroatoms. The van der Waals surface area contributed by atoms with Crippen molar-refractivity contribution >= 4 is 12.0 Å². The van der Waals surface area contributed by atoms with Gasteiger partial charge in [0.1, 0.15) is 0 Å². The summed E-state index contributed by atoms with van der Waals surface area (Å²) in [6, 6.07) is -1.21. The van der Waals surface area contributed by atoms with E-state index in [0.29, 0.717) is 20.1 Å². The molecular formula is C11H18F3N3O4. The van der Waals surface area contributed by atoms with Gasteiger partial charge in [0.2, 0.25) is 5.54 Å². The minimum absolute atomic E-state index is 0.0102. The molecular weight excluding hydrogens is 295 g/mol. The molecule has 1 heterocycles. The molecule has 0 saturated carbocycles. The highest BCUT2D eigenvalue weighted by Crippen LogP contribution is 2.30. The van der Waals surface area contributed by atoms with Crippen molar-refractivity contribution in [3.05, 3.63) is 0 Å². The quantitative estimate of drug-likeness (QED) is 0.681. The van der Waals surface area contributed by atoms with E-state index in [9.17, 15) is 22.8 Å². The Hall–Kier alpha value is -1.55. The Kier molecular flexibility index (Phi) is 5.40. The van der Waals surface area contributed by atoms with Gasteiger partial charge in [0.05, 0.1) is 12.7 Å². The number of rotatable bonds is 4. The van der Waals surface area contributed by atoms with Crippen molar-refractivity contribution in [2.75, 3.05) is 33.3 Å². The summed E-state index contributed by atoms with van der Waals surface area (Å²) in [5.41, 5.74) is -3.35. The summed E-state index contributed by atoms with van der Waals surface area (Å²) >= 11 is 0. The van der Waals surface area contributed by atoms with Gasteiger partial charge in [-0.1, -0.05) is 0 Å². The average Bonchev–Trinajstić information content (AvgIpc) is 2.34. The van der Waals surface area contributed by atoms with Crippen LogP contribution in [0.25, 0.3) is 0 Å². The summed E-state index contributed by atoms with van der Waals surface area (Å²) in [6.07, 6.45) is -5.46. The van der Waals surface area contributed by atoms with Gasteiger partial charge in [-0.15, -0.1) is 0 Å². The SMILES string of the molecule is CN1CCOC(CNC(=O)NC(C)(C(=O)O)C(F)(F)F)C1. The van der Waals surface area contributed by atoms with Crippen LogP contribution in [0.3, 0.4) is 0 Å². The van der Waals surface area contributed by atoms with E-state index in [4.69, 9.17) is 9.84 Å². The predicted octanol–water partition coefficient (Wildman–Crippen LogP) is 0.0218. The van der Waals surface area contributed by atoms with E-state index in [0.717, 1.165) is 6.54 Å². The van der Waals surface area contributed by atoms with Crippen molar-refractivity contribution in [3.8, 4) is 0 Å². The normalized spacial score (nSPS) is 23.2. The summed E-state index contributed by atoms with van der Waals surface area (Å²) in [4.78, 5) is 24.2. The van der Waals surface area contributed by atoms with E-state index >= 15 is 0 Å². The first-order valence-corrected chi connectivity index (χ1v) is 6.22. The standard InChI is InChI=1S/C11H18F3N3O4/c1-10(8(18)19,11(12,13)14)16-9(20)15-5-7-6-17(2)3-4-21-7/h7H,3-6H2,1-2H3,(H,18,19)(H2,15,16,20). The Morgan fingerprint density at radius 3 is 2.52 bits per heavy atom. The van der Waals surface area contributed by atoms with Gasteiger partial charge in [-0.05, 0) is 14.0 Å². The molecule has 0 aromatic carbocycles. The van der Waals surface area contributed by atoms with Gasteiger partial charge < -0.3 is 25.4 Å². The lowest BCUT2D eigenvalue weighted by Gasteiger charge is -2.31. The maximum atomic E-state index is 12.7. The van der Waals surface area contributed by atoms with E-state index in [1.807, 2.05) is 11.9 Å². The Morgan fingerprint density at radius 1 is 1.43 bits per heavy atom. The smallest absolute Gasteiger partial charge is 0.422 e. The molecule has 122 valence electrons. The summed E-state index contributed by atoms with van der Waals surface area (Å²) < 4.78 is 43.4. The number of alkyl halides is 3. The van der Waals surface area contributed by atoms with Gasteiger partial charge in [-0.2, -0.15) is 13.2 Å². The molecule has 2 unspecified atom stereocenters. The zero-order chi connectivity index (χ0) is 16.3. The maximum Gasteiger partial charge on any atom is 0.422 e. The van der Waals surface area contributed by atoms with Gasteiger partial charge in [0.15, 0.2) is 0 Å². The molecule has 0 aromatic heterocycles. The van der Waals surface area contributed by atoms with Crippen molar-refractivity contribution < 1.29 is 32.6 Å². The molecule has 1 aliphatic rings. The highest BCUT2D eigenvalue weighted by atomic mass is 19.4. The summed E-state index contributed by atoms with van der Waals surface area (Å²) in [7, 11) is 1.85. The molecule has 7 nitrogen and oxygen atoms in total. The average molecular weight is 313 g/mol. The van der Waals surface area contributed by atoms with E-state index in [1.54, 1.807) is 0 Å². The molecule has 0 aromatic rings. The van der Waals surface area contributed by atoms with Crippen LogP contribution in [0, 0.1) is 0 Å². The van der Waals surface area contributed by atoms with Crippen LogP contribution >= 0.6 is 0 Å². The lowest BCUT2D eigenvalue weighted by atomic mass is 10.0. The number of amides is 2. The number of likely N-dealkylation sites (N-methyl/N-ethyl adjacent to an activating group) is 1. The molecule has 0 spiro atoms. The van der Waals surface area contributed by atoms with Crippen LogP contribution in [0.2, 0.25) is 0 Å². The Bertz CT molecular complexity index is 405. The van der Waals surface area contributed by atoms with Crippen molar-refractivity contribution in [2.45, 2.75) is 24.7 Å². The van der Waals surface area contributed by atoms with Crippen LogP contribution in [-0.2, 0) is 9.53 Å². The molecule has 21 heavy (non-hydrogen) atoms. The van der Waals surface area contributed by atoms with Crippen LogP contribution in [0.1, 0.15) is 6.92 Å². The fraction of sp³-hybridized carbons (Fsp3) is 0.818. The number of hydrogen-bond donors (Lipinski definition) is 3. The Labute approximate surface area is 119 Å². The second kappa shape index (κ2) is 6.48. The van der Waals surface area contributed by atoms with E-state index in [-0.39, 0.29) is 12.6 Å². The van der Waals surface area contributed by atoms with Crippen molar-refractivity contribution in [1.82, 2.24) is 15.5 Å². The number of morpholine rings is 1. The largest absolute Gasteiger partial charge is 0.479 e. The van der Waals surface area contributed by atoms with Crippen molar-refractivity contribution in [2.24, 2.45) is 0 Å². The third kappa shape index (κ3) is 4.46. The molecule has 2 amide bonds. The lowest BCUT2D eigenvalue weighted by Crippen LogP contribution is -2.64. The van der Waals surface area contributed by atoms with Gasteiger partial charge in [0, 0.05) is 19.6 Å². The topological polar surface area (TPSA) is 90.9 Å². The van der Waals surface area contributed by atoms with Crippen molar-refractivity contribution in [3.63, 3.8) is 0 Å². The zero-order valence-electron chi connectivity index (χ0n) is 11.7. The number of nitrogens with one attached hydrogen (secondary N) is 2. The second-order valence-electron chi connectivity index (χ2n) is 5.02. The van der Waals surface area contributed by atoms with Crippen LogP contribution < -0.4 is 10.6 Å². The number of halogens is 3. The molecule has 0 aliphatic carbocycles. The molecule has 1 aliphatic heterocycles. The van der Waals surface area contributed by atoms with Gasteiger partial charge in [-0.25, -0.2) is 9.59 Å². The maximum absolute atomic E-state index is 12.7. The van der Waals surface area contributed by atoms with Crippen LogP contribution in [0.15, 0.2) is 0 Å². The van der Waals surface area contributed by atoms with E-state index in [1.165, 1.54) is 5.32 Å². The first-order valence-electron chi connectivity index (χ1n) is 6.22. The number of urea groups is 1. The number of carbonyl (C=O) groups excluding carboxylic acids is 1. The number of hydrogen-bond acceptors (Lipinski definition) is 4. The van der Waals surface area contributed by atoms with Crippen LogP contribution in [-0.4, -0.2) is 73.1 Å². The molecule has 0 bridgehead atoms. The first kappa shape index (κ1) is 17.5. The summed E-state index contributed by atoms with van der Waals surface area (Å²) in [5.74, 6) is -2.18. The van der Waals surface area contributed by atoms with E-state index in [2.05, 4.69) is 5.32 Å². The number of aliphatic carboxylic acids is 1. The number of ether oxygens (including phenoxy) is 1. The zero-order valence-corrected chi connectivity index (χ0v) is 11.7. The molecule has 3 N–H and O–H groups in total. The molecule has 1 fully saturated rings. The number of nitrogens with zero attached hydrogens (tertiary/aromatic N) is 1. The number of carboxylic acid groups (broad SMARTS) is 1. The fourth-order valence-electron chi connectivity index (χ4n) is 1.71. The third-order valence-corrected chi connectivity index (χ3v) is 3.19. The first-order chi connectivity index (χ1) is 9.56. The predicted molar refractivity (Wildman–Crippen MR) is 65.9 cm³/mol. The van der Waals surface area contributed by atoms with Gasteiger partial charge >= 0.3 is 18.2 Å². The fourth-order valence-corrected chi connectivity index (χ4v) is 1.71. The third-order valence-electron chi connectivity index (χ3n) is 3.19. The van der Waals surface area contributed by atoms with E-state index < -0.39 is 23.7 Å². The summed E-state index contributed by atoms with van der Waals surface area (Å²) in [5, 5.41) is 12.3. The lowest BCUT2D eigenvalue weighted by molar-refractivity contribution is -0.203. The molecule has 2 atom stereocenters.